The first-order valence-corrected chi connectivity index (χ1v) is 4.13. The maximum absolute atomic E-state index is 3.42. The Morgan fingerprint density at radius 1 is 1.08 bits per heavy atom. The summed E-state index contributed by atoms with van der Waals surface area (Å²) in [6.45, 7) is 4.24. The summed E-state index contributed by atoms with van der Waals surface area (Å²) in [6.07, 6.45) is 3.24. The van der Waals surface area contributed by atoms with Crippen molar-refractivity contribution in [3.8, 4) is 0 Å². The molecule has 0 fully saturated rings. The molecule has 0 atom stereocenters. The number of aryl methyl sites for hydroxylation is 2. The predicted octanol–water partition coefficient (Wildman–Crippen LogP) is 2.11. The van der Waals surface area contributed by atoms with Gasteiger partial charge in [0.1, 0.15) is 0 Å². The Kier molecular flexibility index (Phi) is 3.70. The van der Waals surface area contributed by atoms with E-state index in [1.165, 1.54) is 11.1 Å². The summed E-state index contributed by atoms with van der Waals surface area (Å²) >= 11 is 0. The van der Waals surface area contributed by atoms with E-state index in [0.717, 1.165) is 0 Å². The highest BCUT2D eigenvalue weighted by Gasteiger charge is 1.83. The number of H-pyrrole nitrogens is 1. The summed E-state index contributed by atoms with van der Waals surface area (Å²) in [5.74, 6) is 0. The van der Waals surface area contributed by atoms with Crippen molar-refractivity contribution in [1.29, 1.82) is 0 Å². The number of aromatic nitrogens is 3. The molecule has 1 N–H and O–H groups in total. The van der Waals surface area contributed by atoms with E-state index in [0.29, 0.717) is 0 Å². The lowest BCUT2D eigenvalue weighted by molar-refractivity contribution is 0.940. The van der Waals surface area contributed by atoms with Gasteiger partial charge in [0.05, 0.1) is 6.20 Å². The van der Waals surface area contributed by atoms with Gasteiger partial charge in [0.25, 0.3) is 0 Å². The first kappa shape index (κ1) is 9.45. The molecule has 0 unspecified atom stereocenters. The lowest BCUT2D eigenvalue weighted by atomic mass is 10.1. The second-order valence-electron chi connectivity index (χ2n) is 2.74. The zero-order valence-corrected chi connectivity index (χ0v) is 7.86. The maximum atomic E-state index is 3.42. The summed E-state index contributed by atoms with van der Waals surface area (Å²) in [4.78, 5) is 0. The van der Waals surface area contributed by atoms with Gasteiger partial charge in [-0.3, -0.25) is 5.10 Å². The smallest absolute Gasteiger partial charge is 0.0690 e. The number of nitrogens with one attached hydrogen (secondary N) is 1. The predicted molar refractivity (Wildman–Crippen MR) is 52.3 cm³/mol. The summed E-state index contributed by atoms with van der Waals surface area (Å²) < 4.78 is 0. The molecule has 1 aromatic heterocycles. The highest BCUT2D eigenvalue weighted by atomic mass is 15.3. The normalized spacial score (nSPS) is 8.77. The van der Waals surface area contributed by atoms with E-state index >= 15 is 0 Å². The summed E-state index contributed by atoms with van der Waals surface area (Å²) in [6, 6.07) is 8.36. The number of aromatic amines is 1. The fraction of sp³-hybridized carbons (Fsp3) is 0.200. The molecule has 1 aromatic carbocycles. The molecule has 3 nitrogen and oxygen atoms in total. The van der Waals surface area contributed by atoms with Crippen molar-refractivity contribution in [2.75, 3.05) is 0 Å². The fourth-order valence-electron chi connectivity index (χ4n) is 0.829. The van der Waals surface area contributed by atoms with Gasteiger partial charge in [-0.25, -0.2) is 0 Å². The lowest BCUT2D eigenvalue weighted by Gasteiger charge is -1.93. The molecular formula is C10H13N3. The van der Waals surface area contributed by atoms with Crippen LogP contribution in [0, 0.1) is 13.8 Å². The van der Waals surface area contributed by atoms with Crippen LogP contribution >= 0.6 is 0 Å². The standard InChI is InChI=1S/C8H10.C2H3N3/c1-7-5-3-4-6-8(7)2;1-2-4-5-3-1/h3-6H,1-2H3;1-2H,(H,3,4,5). The van der Waals surface area contributed by atoms with E-state index in [1.54, 1.807) is 12.4 Å². The molecule has 2 rings (SSSR count). The van der Waals surface area contributed by atoms with Gasteiger partial charge in [-0.05, 0) is 25.0 Å². The second-order valence-corrected chi connectivity index (χ2v) is 2.74. The zero-order chi connectivity index (χ0) is 9.52. The molecule has 0 aliphatic carbocycles. The highest BCUT2D eigenvalue weighted by molar-refractivity contribution is 5.23. The average Bonchev–Trinajstić information content (AvgIpc) is 2.68. The van der Waals surface area contributed by atoms with Gasteiger partial charge in [0, 0.05) is 6.20 Å². The monoisotopic (exact) mass is 175 g/mol. The Morgan fingerprint density at radius 3 is 1.92 bits per heavy atom. The number of rotatable bonds is 0. The third-order valence-electron chi connectivity index (χ3n) is 1.76. The van der Waals surface area contributed by atoms with Crippen LogP contribution < -0.4 is 0 Å². The second kappa shape index (κ2) is 5.09. The maximum Gasteiger partial charge on any atom is 0.0690 e. The minimum absolute atomic E-state index is 1.37. The van der Waals surface area contributed by atoms with Crippen LogP contribution in [0.5, 0.6) is 0 Å². The van der Waals surface area contributed by atoms with Crippen LogP contribution in [0.15, 0.2) is 36.7 Å². The molecule has 0 aliphatic rings. The lowest BCUT2D eigenvalue weighted by Crippen LogP contribution is -1.74. The molecule has 0 aliphatic heterocycles. The molecule has 0 spiro atoms. The van der Waals surface area contributed by atoms with Crippen molar-refractivity contribution in [2.45, 2.75) is 13.8 Å². The topological polar surface area (TPSA) is 41.6 Å². The van der Waals surface area contributed by atoms with Crippen molar-refractivity contribution in [3.05, 3.63) is 47.8 Å². The molecule has 2 aromatic rings. The van der Waals surface area contributed by atoms with E-state index in [1.807, 2.05) is 0 Å². The first-order valence-electron chi connectivity index (χ1n) is 4.13. The van der Waals surface area contributed by atoms with E-state index < -0.39 is 0 Å². The number of nitrogens with zero attached hydrogens (tertiary/aromatic N) is 2. The molecule has 0 saturated heterocycles. The third kappa shape index (κ3) is 3.51. The van der Waals surface area contributed by atoms with Crippen LogP contribution in [0.25, 0.3) is 0 Å². The van der Waals surface area contributed by atoms with Crippen LogP contribution in [0.1, 0.15) is 11.1 Å². The highest BCUT2D eigenvalue weighted by Crippen LogP contribution is 2.02. The van der Waals surface area contributed by atoms with Crippen LogP contribution in [-0.4, -0.2) is 15.4 Å². The van der Waals surface area contributed by atoms with Crippen LogP contribution in [0.3, 0.4) is 0 Å². The van der Waals surface area contributed by atoms with Crippen molar-refractivity contribution in [2.24, 2.45) is 0 Å². The molecule has 0 bridgehead atoms. The van der Waals surface area contributed by atoms with E-state index in [-0.39, 0.29) is 0 Å². The van der Waals surface area contributed by atoms with Crippen molar-refractivity contribution < 1.29 is 0 Å². The quantitative estimate of drug-likeness (QED) is 0.666. The zero-order valence-electron chi connectivity index (χ0n) is 7.86. The van der Waals surface area contributed by atoms with Crippen LogP contribution in [0.4, 0.5) is 0 Å². The SMILES string of the molecule is Cc1ccccc1C.c1c[nH]nn1. The van der Waals surface area contributed by atoms with Crippen LogP contribution in [0.2, 0.25) is 0 Å². The molecule has 3 heteroatoms. The Morgan fingerprint density at radius 2 is 1.69 bits per heavy atom. The number of benzene rings is 1. The summed E-state index contributed by atoms with van der Waals surface area (Å²) in [5.41, 5.74) is 2.74. The molecule has 0 amide bonds. The number of hydrogen-bond acceptors (Lipinski definition) is 2. The Bertz CT molecular complexity index is 289. The average molecular weight is 175 g/mol. The van der Waals surface area contributed by atoms with Crippen molar-refractivity contribution in [3.63, 3.8) is 0 Å². The van der Waals surface area contributed by atoms with E-state index in [4.69, 9.17) is 0 Å². The fourth-order valence-corrected chi connectivity index (χ4v) is 0.829. The molecule has 1 heterocycles. The van der Waals surface area contributed by atoms with Gasteiger partial charge < -0.3 is 0 Å². The van der Waals surface area contributed by atoms with Gasteiger partial charge in [0.2, 0.25) is 0 Å². The van der Waals surface area contributed by atoms with Gasteiger partial charge in [-0.1, -0.05) is 29.5 Å². The third-order valence-corrected chi connectivity index (χ3v) is 1.76. The molecule has 0 saturated carbocycles. The van der Waals surface area contributed by atoms with Gasteiger partial charge >= 0.3 is 0 Å². The molecule has 68 valence electrons. The van der Waals surface area contributed by atoms with E-state index in [9.17, 15) is 0 Å². The van der Waals surface area contributed by atoms with E-state index in [2.05, 4.69) is 53.5 Å². The molecular weight excluding hydrogens is 162 g/mol. The molecule has 13 heavy (non-hydrogen) atoms. The minimum atomic E-state index is 1.37. The van der Waals surface area contributed by atoms with Crippen LogP contribution in [-0.2, 0) is 0 Å². The molecule has 0 radical (unpaired) electrons. The summed E-state index contributed by atoms with van der Waals surface area (Å²) in [5, 5.41) is 9.26. The summed E-state index contributed by atoms with van der Waals surface area (Å²) in [7, 11) is 0. The first-order chi connectivity index (χ1) is 6.30. The Hall–Kier alpha value is -1.64. The Labute approximate surface area is 77.8 Å². The largest absolute Gasteiger partial charge is 0.266 e. The minimum Gasteiger partial charge on any atom is -0.266 e. The van der Waals surface area contributed by atoms with Gasteiger partial charge in [-0.15, -0.1) is 5.10 Å². The Balaban J connectivity index is 0.000000145. The van der Waals surface area contributed by atoms with Crippen molar-refractivity contribution >= 4 is 0 Å². The number of hydrogen-bond donors (Lipinski definition) is 1. The van der Waals surface area contributed by atoms with Crippen molar-refractivity contribution in [1.82, 2.24) is 15.4 Å². The van der Waals surface area contributed by atoms with Gasteiger partial charge in [-0.2, -0.15) is 0 Å². The van der Waals surface area contributed by atoms with Gasteiger partial charge in [0.15, 0.2) is 0 Å².